The average molecular weight is 276 g/mol. The number of rotatable bonds is 5. The largest absolute Gasteiger partial charge is 0.321 e. The lowest BCUT2D eigenvalue weighted by Crippen LogP contribution is -2.33. The van der Waals surface area contributed by atoms with Gasteiger partial charge in [-0.15, -0.1) is 0 Å². The first-order chi connectivity index (χ1) is 9.28. The second-order valence-electron chi connectivity index (χ2n) is 6.27. The highest BCUT2D eigenvalue weighted by molar-refractivity contribution is 7.07. The van der Waals surface area contributed by atoms with Crippen molar-refractivity contribution < 1.29 is 4.79 Å². The van der Waals surface area contributed by atoms with Gasteiger partial charge in [0.1, 0.15) is 11.7 Å². The summed E-state index contributed by atoms with van der Waals surface area (Å²) in [6, 6.07) is 2.14. The monoisotopic (exact) mass is 276 g/mol. The maximum Gasteiger partial charge on any atom is 0.244 e. The highest BCUT2D eigenvalue weighted by atomic mass is 32.1. The van der Waals surface area contributed by atoms with Crippen molar-refractivity contribution in [1.29, 1.82) is 0 Å². The van der Waals surface area contributed by atoms with E-state index in [1.165, 1.54) is 24.8 Å². The zero-order valence-corrected chi connectivity index (χ0v) is 11.9. The number of amides is 1. The van der Waals surface area contributed by atoms with Crippen LogP contribution >= 0.6 is 11.3 Å². The van der Waals surface area contributed by atoms with E-state index in [-0.39, 0.29) is 11.7 Å². The van der Waals surface area contributed by atoms with Gasteiger partial charge in [0.15, 0.2) is 0 Å². The van der Waals surface area contributed by atoms with Gasteiger partial charge in [-0.2, -0.15) is 11.3 Å². The minimum absolute atomic E-state index is 0.125. The molecule has 1 spiro atoms. The fourth-order valence-electron chi connectivity index (χ4n) is 3.16. The van der Waals surface area contributed by atoms with Crippen molar-refractivity contribution in [3.63, 3.8) is 0 Å². The van der Waals surface area contributed by atoms with Gasteiger partial charge >= 0.3 is 0 Å². The molecule has 4 heteroatoms. The van der Waals surface area contributed by atoms with Gasteiger partial charge in [-0.25, -0.2) is 0 Å². The van der Waals surface area contributed by atoms with E-state index in [1.54, 1.807) is 11.3 Å². The van der Waals surface area contributed by atoms with Crippen molar-refractivity contribution in [2.45, 2.75) is 50.2 Å². The second-order valence-corrected chi connectivity index (χ2v) is 7.05. The van der Waals surface area contributed by atoms with Crippen LogP contribution in [0.4, 0.5) is 0 Å². The van der Waals surface area contributed by atoms with Gasteiger partial charge in [0.05, 0.1) is 0 Å². The Labute approximate surface area is 118 Å². The third-order valence-corrected chi connectivity index (χ3v) is 5.41. The van der Waals surface area contributed by atoms with Crippen LogP contribution in [0, 0.1) is 5.92 Å². The molecule has 0 aromatic carbocycles. The lowest BCUT2D eigenvalue weighted by atomic mass is 10.2. The minimum atomic E-state index is -0.188. The predicted molar refractivity (Wildman–Crippen MR) is 75.8 cm³/mol. The molecule has 3 aliphatic rings. The first kappa shape index (κ1) is 11.9. The van der Waals surface area contributed by atoms with E-state index in [1.807, 2.05) is 0 Å². The van der Waals surface area contributed by atoms with Crippen molar-refractivity contribution in [2.75, 3.05) is 6.54 Å². The summed E-state index contributed by atoms with van der Waals surface area (Å²) < 4.78 is 0. The van der Waals surface area contributed by atoms with Crippen LogP contribution in [0.25, 0.3) is 0 Å². The van der Waals surface area contributed by atoms with E-state index < -0.39 is 0 Å². The van der Waals surface area contributed by atoms with Crippen LogP contribution in [0.1, 0.15) is 50.3 Å². The molecule has 1 atom stereocenters. The molecule has 1 amide bonds. The number of nitrogens with one attached hydrogen (secondary N) is 1. The van der Waals surface area contributed by atoms with E-state index in [0.29, 0.717) is 5.91 Å². The molecule has 1 N–H and O–H groups in total. The van der Waals surface area contributed by atoms with Crippen LogP contribution in [0.5, 0.6) is 0 Å². The number of hydrogen-bond donors (Lipinski definition) is 1. The lowest BCUT2D eigenvalue weighted by Gasteiger charge is -2.23. The smallest absolute Gasteiger partial charge is 0.244 e. The number of nitrogens with zero attached hydrogens (tertiary/aromatic N) is 1. The van der Waals surface area contributed by atoms with Gasteiger partial charge in [-0.1, -0.05) is 12.8 Å². The Morgan fingerprint density at radius 1 is 1.42 bits per heavy atom. The van der Waals surface area contributed by atoms with Crippen LogP contribution in [0.15, 0.2) is 16.8 Å². The molecule has 1 aromatic heterocycles. The summed E-state index contributed by atoms with van der Waals surface area (Å²) >= 11 is 1.71. The summed E-state index contributed by atoms with van der Waals surface area (Å²) in [5, 5.41) is 7.85. The standard InChI is InChI=1S/C15H20N2OS/c18-14-15(6-7-15)16-13(12-5-9-19-10-12)17(14)8-1-2-11-3-4-11/h5,9-11,13,16H,1-4,6-8H2. The quantitative estimate of drug-likeness (QED) is 0.897. The summed E-state index contributed by atoms with van der Waals surface area (Å²) in [5.41, 5.74) is 1.07. The van der Waals surface area contributed by atoms with Crippen LogP contribution < -0.4 is 5.32 Å². The van der Waals surface area contributed by atoms with E-state index in [4.69, 9.17) is 0 Å². The van der Waals surface area contributed by atoms with Gasteiger partial charge in [0.25, 0.3) is 0 Å². The normalized spacial score (nSPS) is 28.3. The second kappa shape index (κ2) is 4.32. The predicted octanol–water partition coefficient (Wildman–Crippen LogP) is 2.90. The molecule has 3 nitrogen and oxygen atoms in total. The van der Waals surface area contributed by atoms with E-state index in [9.17, 15) is 4.79 Å². The molecule has 1 saturated heterocycles. The Kier molecular flexibility index (Phi) is 2.71. The third kappa shape index (κ3) is 2.11. The van der Waals surface area contributed by atoms with Crippen LogP contribution in [0.3, 0.4) is 0 Å². The van der Waals surface area contributed by atoms with Crippen LogP contribution in [-0.2, 0) is 4.79 Å². The molecule has 102 valence electrons. The molecule has 1 aromatic rings. The number of thiophene rings is 1. The molecule has 1 aliphatic heterocycles. The van der Waals surface area contributed by atoms with Crippen molar-refractivity contribution in [3.8, 4) is 0 Å². The Balaban J connectivity index is 1.48. The Morgan fingerprint density at radius 2 is 2.26 bits per heavy atom. The molecule has 2 heterocycles. The van der Waals surface area contributed by atoms with Gasteiger partial charge in [-0.05, 0) is 54.0 Å². The molecule has 1 unspecified atom stereocenters. The van der Waals surface area contributed by atoms with Crippen LogP contribution in [-0.4, -0.2) is 22.9 Å². The molecular formula is C15H20N2OS. The average Bonchev–Trinajstić information content (AvgIpc) is 3.30. The molecule has 4 rings (SSSR count). The summed E-state index contributed by atoms with van der Waals surface area (Å²) in [6.45, 7) is 0.921. The number of carbonyl (C=O) groups is 1. The fraction of sp³-hybridized carbons (Fsp3) is 0.667. The Morgan fingerprint density at radius 3 is 2.89 bits per heavy atom. The summed E-state index contributed by atoms with van der Waals surface area (Å²) in [4.78, 5) is 14.6. The molecule has 0 radical (unpaired) electrons. The van der Waals surface area contributed by atoms with Crippen molar-refractivity contribution >= 4 is 17.2 Å². The fourth-order valence-corrected chi connectivity index (χ4v) is 3.84. The van der Waals surface area contributed by atoms with E-state index >= 15 is 0 Å². The van der Waals surface area contributed by atoms with Crippen molar-refractivity contribution in [2.24, 2.45) is 5.92 Å². The maximum atomic E-state index is 12.6. The molecule has 2 saturated carbocycles. The zero-order valence-electron chi connectivity index (χ0n) is 11.1. The van der Waals surface area contributed by atoms with Crippen LogP contribution in [0.2, 0.25) is 0 Å². The summed E-state index contributed by atoms with van der Waals surface area (Å²) in [7, 11) is 0. The molecule has 2 aliphatic carbocycles. The Bertz CT molecular complexity index is 476. The maximum absolute atomic E-state index is 12.6. The van der Waals surface area contributed by atoms with Gasteiger partial charge in [0.2, 0.25) is 5.91 Å². The number of carbonyl (C=O) groups excluding carboxylic acids is 1. The first-order valence-corrected chi connectivity index (χ1v) is 8.34. The van der Waals surface area contributed by atoms with Crippen molar-refractivity contribution in [3.05, 3.63) is 22.4 Å². The SMILES string of the molecule is O=C1N(CCCC2CC2)C(c2ccsc2)NC12CC2. The first-order valence-electron chi connectivity index (χ1n) is 7.39. The third-order valence-electron chi connectivity index (χ3n) is 4.71. The molecule has 19 heavy (non-hydrogen) atoms. The highest BCUT2D eigenvalue weighted by Crippen LogP contribution is 2.46. The van der Waals surface area contributed by atoms with Gasteiger partial charge in [-0.3, -0.25) is 10.1 Å². The van der Waals surface area contributed by atoms with Crippen molar-refractivity contribution in [1.82, 2.24) is 10.2 Å². The molecular weight excluding hydrogens is 256 g/mol. The summed E-state index contributed by atoms with van der Waals surface area (Å²) in [6.07, 6.45) is 7.44. The topological polar surface area (TPSA) is 32.3 Å². The molecule has 0 bridgehead atoms. The van der Waals surface area contributed by atoms with Gasteiger partial charge < -0.3 is 4.90 Å². The van der Waals surface area contributed by atoms with Gasteiger partial charge in [0, 0.05) is 6.54 Å². The lowest BCUT2D eigenvalue weighted by molar-refractivity contribution is -0.130. The van der Waals surface area contributed by atoms with E-state index in [0.717, 1.165) is 31.7 Å². The van der Waals surface area contributed by atoms with E-state index in [2.05, 4.69) is 27.0 Å². The number of hydrogen-bond acceptors (Lipinski definition) is 3. The zero-order chi connectivity index (χ0) is 12.9. The highest BCUT2D eigenvalue weighted by Gasteiger charge is 2.59. The molecule has 3 fully saturated rings. The Hall–Kier alpha value is -0.870. The minimum Gasteiger partial charge on any atom is -0.321 e. The summed E-state index contributed by atoms with van der Waals surface area (Å²) in [5.74, 6) is 1.31.